The first-order valence-electron chi connectivity index (χ1n) is 4.17. The molecule has 72 valence electrons. The number of hydrogen-bond donors (Lipinski definition) is 0. The van der Waals surface area contributed by atoms with Gasteiger partial charge in [-0.15, -0.1) is 0 Å². The van der Waals surface area contributed by atoms with Crippen molar-refractivity contribution in [3.05, 3.63) is 41.4 Å². The summed E-state index contributed by atoms with van der Waals surface area (Å²) in [6, 6.07) is 5.76. The molecule has 0 saturated heterocycles. The van der Waals surface area contributed by atoms with Crippen LogP contribution in [0.2, 0.25) is 0 Å². The maximum Gasteiger partial charge on any atom is 0.131 e. The van der Waals surface area contributed by atoms with Gasteiger partial charge in [-0.25, -0.2) is 4.39 Å². The number of nitrogens with zero attached hydrogens (tertiary/aromatic N) is 1. The minimum absolute atomic E-state index is 0.254. The molecule has 0 aliphatic heterocycles. The van der Waals surface area contributed by atoms with Gasteiger partial charge in [-0.1, -0.05) is 0 Å². The zero-order chi connectivity index (χ0) is 10.6. The molecule has 0 amide bonds. The van der Waals surface area contributed by atoms with Crippen molar-refractivity contribution in [3.8, 4) is 11.8 Å². The van der Waals surface area contributed by atoms with Crippen LogP contribution in [0.4, 0.5) is 4.39 Å². The zero-order valence-electron chi connectivity index (χ0n) is 8.04. The molecule has 0 bridgehead atoms. The molecule has 0 aliphatic carbocycles. The Morgan fingerprint density at radius 1 is 1.50 bits per heavy atom. The first-order chi connectivity index (χ1) is 6.65. The van der Waals surface area contributed by atoms with Crippen molar-refractivity contribution in [3.63, 3.8) is 0 Å². The molecule has 0 radical (unpaired) electrons. The molecule has 0 aromatic heterocycles. The number of halogens is 1. The van der Waals surface area contributed by atoms with Gasteiger partial charge in [0, 0.05) is 6.07 Å². The van der Waals surface area contributed by atoms with Gasteiger partial charge >= 0.3 is 0 Å². The highest BCUT2D eigenvalue weighted by Gasteiger charge is 2.01. The monoisotopic (exact) mass is 191 g/mol. The average molecular weight is 191 g/mol. The Kier molecular flexibility index (Phi) is 3.24. The molecule has 1 aromatic carbocycles. The summed E-state index contributed by atoms with van der Waals surface area (Å²) in [6.07, 6.45) is 1.76. The number of rotatable bonds is 2. The second-order valence-electron chi connectivity index (χ2n) is 2.79. The minimum atomic E-state index is -0.469. The van der Waals surface area contributed by atoms with E-state index in [1.165, 1.54) is 12.1 Å². The summed E-state index contributed by atoms with van der Waals surface area (Å²) in [5.74, 6) is 0.541. The molecule has 0 aliphatic rings. The normalized spacial score (nSPS) is 10.9. The second kappa shape index (κ2) is 4.43. The Labute approximate surface area is 82.2 Å². The Morgan fingerprint density at radius 3 is 2.79 bits per heavy atom. The van der Waals surface area contributed by atoms with Gasteiger partial charge in [-0.05, 0) is 32.1 Å². The van der Waals surface area contributed by atoms with Crippen LogP contribution < -0.4 is 4.74 Å². The van der Waals surface area contributed by atoms with E-state index in [-0.39, 0.29) is 5.56 Å². The maximum absolute atomic E-state index is 12.9. The quantitative estimate of drug-likeness (QED) is 0.673. The Balaban J connectivity index is 2.99. The third kappa shape index (κ3) is 2.60. The van der Waals surface area contributed by atoms with Crippen LogP contribution in [0.3, 0.4) is 0 Å². The molecule has 0 fully saturated rings. The molecule has 0 saturated carbocycles. The van der Waals surface area contributed by atoms with Gasteiger partial charge in [0.15, 0.2) is 0 Å². The summed E-state index contributed by atoms with van der Waals surface area (Å²) in [6.45, 7) is 3.58. The van der Waals surface area contributed by atoms with Gasteiger partial charge in [0.2, 0.25) is 0 Å². The van der Waals surface area contributed by atoms with Crippen molar-refractivity contribution in [2.75, 3.05) is 0 Å². The van der Waals surface area contributed by atoms with Crippen molar-refractivity contribution in [2.45, 2.75) is 13.8 Å². The lowest BCUT2D eigenvalue weighted by molar-refractivity contribution is 0.423. The Hall–Kier alpha value is -1.82. The Bertz CT molecular complexity index is 404. The first kappa shape index (κ1) is 10.3. The molecule has 1 rings (SSSR count). The smallest absolute Gasteiger partial charge is 0.131 e. The summed E-state index contributed by atoms with van der Waals surface area (Å²) in [5.41, 5.74) is 0.254. The van der Waals surface area contributed by atoms with Crippen LogP contribution >= 0.6 is 0 Å². The second-order valence-corrected chi connectivity index (χ2v) is 2.79. The van der Waals surface area contributed by atoms with E-state index < -0.39 is 5.82 Å². The first-order valence-corrected chi connectivity index (χ1v) is 4.17. The third-order valence-corrected chi connectivity index (χ3v) is 1.69. The van der Waals surface area contributed by atoms with Crippen LogP contribution in [0.1, 0.15) is 19.4 Å². The van der Waals surface area contributed by atoms with Crippen LogP contribution in [0.5, 0.6) is 5.75 Å². The van der Waals surface area contributed by atoms with Crippen LogP contribution in [0.15, 0.2) is 30.0 Å². The summed E-state index contributed by atoms with van der Waals surface area (Å²) in [4.78, 5) is 0. The number of ether oxygens (including phenoxy) is 1. The van der Waals surface area contributed by atoms with Crippen molar-refractivity contribution in [1.82, 2.24) is 0 Å². The molecule has 0 atom stereocenters. The van der Waals surface area contributed by atoms with Crippen molar-refractivity contribution in [1.29, 1.82) is 5.26 Å². The summed E-state index contributed by atoms with van der Waals surface area (Å²) in [5, 5.41) is 8.59. The molecule has 0 N–H and O–H groups in total. The van der Waals surface area contributed by atoms with Crippen molar-refractivity contribution in [2.24, 2.45) is 0 Å². The number of nitriles is 1. The van der Waals surface area contributed by atoms with Gasteiger partial charge in [-0.2, -0.15) is 5.26 Å². The van der Waals surface area contributed by atoms with E-state index in [1.54, 1.807) is 13.0 Å². The number of hydrogen-bond acceptors (Lipinski definition) is 2. The predicted molar refractivity (Wildman–Crippen MR) is 51.2 cm³/mol. The highest BCUT2D eigenvalue weighted by Crippen LogP contribution is 2.18. The van der Waals surface area contributed by atoms with E-state index in [0.29, 0.717) is 11.5 Å². The summed E-state index contributed by atoms with van der Waals surface area (Å²) < 4.78 is 18.2. The third-order valence-electron chi connectivity index (χ3n) is 1.69. The minimum Gasteiger partial charge on any atom is -0.462 e. The van der Waals surface area contributed by atoms with Gasteiger partial charge in [0.1, 0.15) is 11.6 Å². The zero-order valence-corrected chi connectivity index (χ0v) is 8.04. The van der Waals surface area contributed by atoms with E-state index >= 15 is 0 Å². The lowest BCUT2D eigenvalue weighted by Crippen LogP contribution is -1.91. The fraction of sp³-hybridized carbons (Fsp3) is 0.182. The largest absolute Gasteiger partial charge is 0.462 e. The van der Waals surface area contributed by atoms with E-state index in [2.05, 4.69) is 0 Å². The van der Waals surface area contributed by atoms with E-state index in [4.69, 9.17) is 10.00 Å². The molecule has 1 aromatic rings. The van der Waals surface area contributed by atoms with E-state index in [9.17, 15) is 4.39 Å². The SMILES string of the molecule is CC=C(C)Oc1cc(F)cc(C#N)c1. The maximum atomic E-state index is 12.9. The predicted octanol–water partition coefficient (Wildman–Crippen LogP) is 3.00. The van der Waals surface area contributed by atoms with Crippen LogP contribution in [-0.4, -0.2) is 0 Å². The van der Waals surface area contributed by atoms with Crippen LogP contribution in [0.25, 0.3) is 0 Å². The highest BCUT2D eigenvalue weighted by molar-refractivity contribution is 5.37. The van der Waals surface area contributed by atoms with Crippen LogP contribution in [-0.2, 0) is 0 Å². The van der Waals surface area contributed by atoms with E-state index in [1.807, 2.05) is 13.0 Å². The lowest BCUT2D eigenvalue weighted by atomic mass is 10.2. The van der Waals surface area contributed by atoms with Gasteiger partial charge in [0.05, 0.1) is 17.4 Å². The Morgan fingerprint density at radius 2 is 2.21 bits per heavy atom. The number of benzene rings is 1. The highest BCUT2D eigenvalue weighted by atomic mass is 19.1. The molecule has 2 nitrogen and oxygen atoms in total. The molecular formula is C11H10FNO. The van der Waals surface area contributed by atoms with E-state index in [0.717, 1.165) is 6.07 Å². The fourth-order valence-electron chi connectivity index (χ4n) is 0.931. The number of allylic oxidation sites excluding steroid dienone is 2. The molecule has 3 heteroatoms. The lowest BCUT2D eigenvalue weighted by Gasteiger charge is -2.05. The fourth-order valence-corrected chi connectivity index (χ4v) is 0.931. The topological polar surface area (TPSA) is 33.0 Å². The molecular weight excluding hydrogens is 181 g/mol. The molecule has 0 heterocycles. The standard InChI is InChI=1S/C11H10FNO/c1-3-8(2)14-11-5-9(7-13)4-10(12)6-11/h3-6H,1-2H3. The average Bonchev–Trinajstić information content (AvgIpc) is 2.16. The van der Waals surface area contributed by atoms with Crippen LogP contribution in [0, 0.1) is 17.1 Å². The van der Waals surface area contributed by atoms with Crippen molar-refractivity contribution < 1.29 is 9.13 Å². The van der Waals surface area contributed by atoms with Gasteiger partial charge in [-0.3, -0.25) is 0 Å². The molecule has 0 spiro atoms. The molecule has 0 unspecified atom stereocenters. The van der Waals surface area contributed by atoms with Crippen molar-refractivity contribution >= 4 is 0 Å². The summed E-state index contributed by atoms with van der Waals surface area (Å²) >= 11 is 0. The molecule has 14 heavy (non-hydrogen) atoms. The van der Waals surface area contributed by atoms with Gasteiger partial charge < -0.3 is 4.74 Å². The summed E-state index contributed by atoms with van der Waals surface area (Å²) in [7, 11) is 0. The van der Waals surface area contributed by atoms with Gasteiger partial charge in [0.25, 0.3) is 0 Å².